The molecule has 1 atom stereocenters. The molecule has 0 spiro atoms. The lowest BCUT2D eigenvalue weighted by atomic mass is 10.0. The Kier molecular flexibility index (Phi) is 4.21. The normalized spacial score (nSPS) is 12.0. The Hall–Kier alpha value is -2.43. The van der Waals surface area contributed by atoms with E-state index in [0.29, 0.717) is 16.8 Å². The van der Waals surface area contributed by atoms with Gasteiger partial charge >= 0.3 is 0 Å². The molecule has 0 heterocycles. The molecule has 0 aliphatic rings. The molecule has 1 amide bonds. The molecule has 2 aromatic rings. The summed E-state index contributed by atoms with van der Waals surface area (Å²) in [5.74, 6) is -1.69. The van der Waals surface area contributed by atoms with Gasteiger partial charge in [0.1, 0.15) is 11.6 Å². The van der Waals surface area contributed by atoms with Crippen LogP contribution < -0.4 is 11.1 Å². The van der Waals surface area contributed by atoms with Crippen molar-refractivity contribution in [1.29, 1.82) is 0 Å². The number of benzene rings is 2. The molecule has 0 bridgehead atoms. The summed E-state index contributed by atoms with van der Waals surface area (Å²) >= 11 is 0. The molecular formula is C16H16F2N2O. The molecule has 1 unspecified atom stereocenters. The van der Waals surface area contributed by atoms with E-state index in [9.17, 15) is 13.6 Å². The number of carbonyl (C=O) groups is 1. The van der Waals surface area contributed by atoms with Gasteiger partial charge in [-0.3, -0.25) is 4.79 Å². The summed E-state index contributed by atoms with van der Waals surface area (Å²) in [6.07, 6.45) is 0. The average molecular weight is 290 g/mol. The molecule has 0 radical (unpaired) electrons. The van der Waals surface area contributed by atoms with E-state index in [1.807, 2.05) is 0 Å². The molecule has 21 heavy (non-hydrogen) atoms. The zero-order valence-corrected chi connectivity index (χ0v) is 11.8. The minimum atomic E-state index is -0.688. The van der Waals surface area contributed by atoms with Crippen LogP contribution in [-0.2, 0) is 0 Å². The number of nitrogens with one attached hydrogen (secondary N) is 1. The Balaban J connectivity index is 2.21. The van der Waals surface area contributed by atoms with Gasteiger partial charge in [-0.2, -0.15) is 0 Å². The number of carbonyl (C=O) groups excluding carboxylic acids is 1. The van der Waals surface area contributed by atoms with Crippen LogP contribution in [0.25, 0.3) is 0 Å². The van der Waals surface area contributed by atoms with Crippen molar-refractivity contribution < 1.29 is 13.6 Å². The van der Waals surface area contributed by atoms with Crippen molar-refractivity contribution in [1.82, 2.24) is 5.32 Å². The lowest BCUT2D eigenvalue weighted by Gasteiger charge is -2.16. The minimum absolute atomic E-state index is 0.228. The van der Waals surface area contributed by atoms with E-state index in [1.165, 1.54) is 6.07 Å². The topological polar surface area (TPSA) is 55.1 Å². The molecule has 0 aliphatic heterocycles. The average Bonchev–Trinajstić information content (AvgIpc) is 2.41. The van der Waals surface area contributed by atoms with Gasteiger partial charge in [-0.05, 0) is 37.6 Å². The standard InChI is InChI=1S/C16H16F2N2O/c1-9-12(4-3-5-15(9)19)16(21)20-10(2)13-7-6-11(17)8-14(13)18/h3-8,10H,19H2,1-2H3,(H,20,21). The fourth-order valence-electron chi connectivity index (χ4n) is 2.10. The van der Waals surface area contributed by atoms with Gasteiger partial charge in [-0.15, -0.1) is 0 Å². The van der Waals surface area contributed by atoms with E-state index >= 15 is 0 Å². The summed E-state index contributed by atoms with van der Waals surface area (Å²) in [5, 5.41) is 2.68. The van der Waals surface area contributed by atoms with Crippen molar-refractivity contribution in [3.63, 3.8) is 0 Å². The maximum atomic E-state index is 13.7. The van der Waals surface area contributed by atoms with E-state index in [4.69, 9.17) is 5.73 Å². The van der Waals surface area contributed by atoms with E-state index < -0.39 is 17.7 Å². The Morgan fingerprint density at radius 3 is 2.62 bits per heavy atom. The third-order valence-electron chi connectivity index (χ3n) is 3.40. The van der Waals surface area contributed by atoms with Gasteiger partial charge in [0.15, 0.2) is 0 Å². The first kappa shape index (κ1) is 15.0. The van der Waals surface area contributed by atoms with Gasteiger partial charge in [0.2, 0.25) is 0 Å². The van der Waals surface area contributed by atoms with Gasteiger partial charge in [-0.1, -0.05) is 12.1 Å². The van der Waals surface area contributed by atoms with Gasteiger partial charge in [0, 0.05) is 22.9 Å². The van der Waals surface area contributed by atoms with Crippen LogP contribution in [0.3, 0.4) is 0 Å². The molecule has 2 aromatic carbocycles. The van der Waals surface area contributed by atoms with Crippen LogP contribution in [0.4, 0.5) is 14.5 Å². The first-order valence-electron chi connectivity index (χ1n) is 6.51. The Morgan fingerprint density at radius 1 is 1.24 bits per heavy atom. The number of amides is 1. The van der Waals surface area contributed by atoms with Crippen LogP contribution in [0.2, 0.25) is 0 Å². The number of halogens is 2. The molecular weight excluding hydrogens is 274 g/mol. The molecule has 0 aromatic heterocycles. The molecule has 3 N–H and O–H groups in total. The lowest BCUT2D eigenvalue weighted by molar-refractivity contribution is 0.0939. The van der Waals surface area contributed by atoms with E-state index in [2.05, 4.69) is 5.32 Å². The second kappa shape index (κ2) is 5.91. The van der Waals surface area contributed by atoms with Crippen LogP contribution in [0, 0.1) is 18.6 Å². The van der Waals surface area contributed by atoms with Crippen molar-refractivity contribution >= 4 is 11.6 Å². The number of nitrogen functional groups attached to an aromatic ring is 1. The van der Waals surface area contributed by atoms with Crippen molar-refractivity contribution in [3.8, 4) is 0 Å². The van der Waals surface area contributed by atoms with Gasteiger partial charge < -0.3 is 11.1 Å². The number of nitrogens with two attached hydrogens (primary N) is 1. The number of anilines is 1. The van der Waals surface area contributed by atoms with Crippen molar-refractivity contribution in [3.05, 3.63) is 64.7 Å². The van der Waals surface area contributed by atoms with Crippen LogP contribution in [-0.4, -0.2) is 5.91 Å². The highest BCUT2D eigenvalue weighted by molar-refractivity contribution is 5.97. The summed E-state index contributed by atoms with van der Waals surface area (Å²) < 4.78 is 26.6. The second-order valence-corrected chi connectivity index (χ2v) is 4.88. The molecule has 0 fully saturated rings. The monoisotopic (exact) mass is 290 g/mol. The maximum Gasteiger partial charge on any atom is 0.252 e. The Morgan fingerprint density at radius 2 is 1.95 bits per heavy atom. The first-order chi connectivity index (χ1) is 9.90. The summed E-state index contributed by atoms with van der Waals surface area (Å²) in [7, 11) is 0. The van der Waals surface area contributed by atoms with Crippen LogP contribution >= 0.6 is 0 Å². The van der Waals surface area contributed by atoms with Gasteiger partial charge in [-0.25, -0.2) is 8.78 Å². The summed E-state index contributed by atoms with van der Waals surface area (Å²) in [5.41, 5.74) is 7.61. The number of hydrogen-bond acceptors (Lipinski definition) is 2. The van der Waals surface area contributed by atoms with Crippen LogP contribution in [0.5, 0.6) is 0 Å². The fourth-order valence-corrected chi connectivity index (χ4v) is 2.10. The fraction of sp³-hybridized carbons (Fsp3) is 0.188. The third-order valence-corrected chi connectivity index (χ3v) is 3.40. The Bertz CT molecular complexity index is 686. The van der Waals surface area contributed by atoms with E-state index in [0.717, 1.165) is 12.1 Å². The van der Waals surface area contributed by atoms with Crippen molar-refractivity contribution in [2.24, 2.45) is 0 Å². The summed E-state index contributed by atoms with van der Waals surface area (Å²) in [6, 6.07) is 7.72. The molecule has 3 nitrogen and oxygen atoms in total. The minimum Gasteiger partial charge on any atom is -0.398 e. The third kappa shape index (κ3) is 3.18. The lowest BCUT2D eigenvalue weighted by Crippen LogP contribution is -2.28. The highest BCUT2D eigenvalue weighted by Gasteiger charge is 2.17. The molecule has 2 rings (SSSR count). The van der Waals surface area contributed by atoms with Gasteiger partial charge in [0.25, 0.3) is 5.91 Å². The predicted molar refractivity (Wildman–Crippen MR) is 77.8 cm³/mol. The zero-order chi connectivity index (χ0) is 15.6. The second-order valence-electron chi connectivity index (χ2n) is 4.88. The highest BCUT2D eigenvalue weighted by atomic mass is 19.1. The van der Waals surface area contributed by atoms with Crippen molar-refractivity contribution in [2.45, 2.75) is 19.9 Å². The zero-order valence-electron chi connectivity index (χ0n) is 11.8. The van der Waals surface area contributed by atoms with E-state index in [-0.39, 0.29) is 11.5 Å². The number of hydrogen-bond donors (Lipinski definition) is 2. The highest BCUT2D eigenvalue weighted by Crippen LogP contribution is 2.20. The first-order valence-corrected chi connectivity index (χ1v) is 6.51. The van der Waals surface area contributed by atoms with E-state index in [1.54, 1.807) is 32.0 Å². The SMILES string of the molecule is Cc1c(N)cccc1C(=O)NC(C)c1ccc(F)cc1F. The van der Waals surface area contributed by atoms with Gasteiger partial charge in [0.05, 0.1) is 6.04 Å². The molecule has 5 heteroatoms. The smallest absolute Gasteiger partial charge is 0.252 e. The van der Waals surface area contributed by atoms with Crippen LogP contribution in [0.15, 0.2) is 36.4 Å². The molecule has 0 aliphatic carbocycles. The number of rotatable bonds is 3. The molecule has 0 saturated carbocycles. The van der Waals surface area contributed by atoms with Crippen molar-refractivity contribution in [2.75, 3.05) is 5.73 Å². The molecule has 110 valence electrons. The molecule has 0 saturated heterocycles. The van der Waals surface area contributed by atoms with Crippen LogP contribution in [0.1, 0.15) is 34.5 Å². The maximum absolute atomic E-state index is 13.7. The Labute approximate surface area is 121 Å². The summed E-state index contributed by atoms with van der Waals surface area (Å²) in [6.45, 7) is 3.38. The summed E-state index contributed by atoms with van der Waals surface area (Å²) in [4.78, 5) is 12.2. The quantitative estimate of drug-likeness (QED) is 0.852. The largest absolute Gasteiger partial charge is 0.398 e. The predicted octanol–water partition coefficient (Wildman–Crippen LogP) is 3.35.